The summed E-state index contributed by atoms with van der Waals surface area (Å²) in [6.07, 6.45) is 0. The Labute approximate surface area is 177 Å². The van der Waals surface area contributed by atoms with E-state index in [2.05, 4.69) is 0 Å². The minimum atomic E-state index is -0.990. The number of carbonyl (C=O) groups excluding carboxylic acids is 2. The van der Waals surface area contributed by atoms with Gasteiger partial charge in [0.1, 0.15) is 23.1 Å². The van der Waals surface area contributed by atoms with E-state index in [4.69, 9.17) is 4.74 Å². The largest absolute Gasteiger partial charge is 0.508 e. The number of benzene rings is 3. The highest BCUT2D eigenvalue weighted by Gasteiger charge is 2.47. The summed E-state index contributed by atoms with van der Waals surface area (Å²) in [7, 11) is 1.35. The van der Waals surface area contributed by atoms with Crippen molar-refractivity contribution in [3.63, 3.8) is 0 Å². The first-order chi connectivity index (χ1) is 14.9. The highest BCUT2D eigenvalue weighted by Crippen LogP contribution is 2.43. The second-order valence-electron chi connectivity index (χ2n) is 6.94. The van der Waals surface area contributed by atoms with Gasteiger partial charge in [-0.2, -0.15) is 0 Å². The van der Waals surface area contributed by atoms with E-state index in [1.165, 1.54) is 30.2 Å². The molecule has 0 aliphatic carbocycles. The highest BCUT2D eigenvalue weighted by molar-refractivity contribution is 6.51. The maximum Gasteiger partial charge on any atom is 0.300 e. The maximum absolute atomic E-state index is 13.9. The number of nitrogens with zero attached hydrogens (tertiary/aromatic N) is 1. The Morgan fingerprint density at radius 2 is 1.68 bits per heavy atom. The van der Waals surface area contributed by atoms with Crippen LogP contribution < -0.4 is 9.64 Å². The molecule has 3 aromatic rings. The molecule has 0 radical (unpaired) electrons. The number of Topliss-reactive ketones (excluding diaryl/α,β-unsaturated/α-hetero) is 1. The number of para-hydroxylation sites is 1. The van der Waals surface area contributed by atoms with Crippen molar-refractivity contribution in [2.24, 2.45) is 0 Å². The van der Waals surface area contributed by atoms with Crippen molar-refractivity contribution in [2.75, 3.05) is 12.0 Å². The predicted octanol–water partition coefficient (Wildman–Crippen LogP) is 4.17. The number of phenols is 1. The van der Waals surface area contributed by atoms with Crippen LogP contribution in [0.15, 0.2) is 78.4 Å². The molecule has 31 heavy (non-hydrogen) atoms. The van der Waals surface area contributed by atoms with Crippen molar-refractivity contribution < 1.29 is 28.9 Å². The lowest BCUT2D eigenvalue weighted by molar-refractivity contribution is -0.132. The number of hydrogen-bond donors (Lipinski definition) is 2. The first kappa shape index (κ1) is 20.2. The third-order valence-electron chi connectivity index (χ3n) is 5.10. The van der Waals surface area contributed by atoms with Gasteiger partial charge < -0.3 is 14.9 Å². The number of halogens is 1. The smallest absolute Gasteiger partial charge is 0.300 e. The number of amides is 1. The molecule has 1 heterocycles. The van der Waals surface area contributed by atoms with Gasteiger partial charge in [0, 0.05) is 5.69 Å². The third-order valence-corrected chi connectivity index (χ3v) is 5.10. The standard InChI is InChI=1S/C24H18FNO5/c1-31-19-12-9-15(25)13-18(19)22(28)20-21(14-7-10-17(27)11-8-14)26(24(30)23(20)29)16-5-3-2-4-6-16/h2-13,21,27-28H,1H3/b22-20+. The van der Waals surface area contributed by atoms with Crippen LogP contribution in [0.5, 0.6) is 11.5 Å². The van der Waals surface area contributed by atoms with Crippen molar-refractivity contribution in [3.8, 4) is 11.5 Å². The number of rotatable bonds is 4. The van der Waals surface area contributed by atoms with Gasteiger partial charge in [-0.05, 0) is 48.0 Å². The second-order valence-corrected chi connectivity index (χ2v) is 6.94. The van der Waals surface area contributed by atoms with Crippen LogP contribution in [0.3, 0.4) is 0 Å². The number of anilines is 1. The number of ether oxygens (including phenoxy) is 1. The van der Waals surface area contributed by atoms with Gasteiger partial charge in [0.2, 0.25) is 0 Å². The Kier molecular flexibility index (Phi) is 5.17. The fourth-order valence-electron chi connectivity index (χ4n) is 3.67. The lowest BCUT2D eigenvalue weighted by Gasteiger charge is -2.25. The van der Waals surface area contributed by atoms with Gasteiger partial charge in [0.05, 0.1) is 24.3 Å². The predicted molar refractivity (Wildman–Crippen MR) is 112 cm³/mol. The zero-order valence-electron chi connectivity index (χ0n) is 16.4. The SMILES string of the molecule is COc1ccc(F)cc1/C(O)=C1\C(=O)C(=O)N(c2ccccc2)C1c1ccc(O)cc1. The van der Waals surface area contributed by atoms with Crippen molar-refractivity contribution in [1.29, 1.82) is 0 Å². The molecule has 1 saturated heterocycles. The maximum atomic E-state index is 13.9. The summed E-state index contributed by atoms with van der Waals surface area (Å²) in [5.74, 6) is -2.78. The van der Waals surface area contributed by atoms with Crippen LogP contribution in [-0.4, -0.2) is 29.0 Å². The Hall–Kier alpha value is -4.13. The zero-order chi connectivity index (χ0) is 22.1. The summed E-state index contributed by atoms with van der Waals surface area (Å²) in [5, 5.41) is 20.8. The van der Waals surface area contributed by atoms with Crippen molar-refractivity contribution in [2.45, 2.75) is 6.04 Å². The number of methoxy groups -OCH3 is 1. The quantitative estimate of drug-likeness (QED) is 0.377. The topological polar surface area (TPSA) is 87.1 Å². The number of carbonyl (C=O) groups is 2. The first-order valence-electron chi connectivity index (χ1n) is 9.41. The Bertz CT molecular complexity index is 1190. The second kappa shape index (κ2) is 7.95. The van der Waals surface area contributed by atoms with E-state index in [9.17, 15) is 24.2 Å². The fourth-order valence-corrected chi connectivity index (χ4v) is 3.67. The molecule has 1 atom stereocenters. The van der Waals surface area contributed by atoms with Gasteiger partial charge in [-0.25, -0.2) is 4.39 Å². The summed E-state index contributed by atoms with van der Waals surface area (Å²) in [4.78, 5) is 27.3. The molecule has 7 heteroatoms. The van der Waals surface area contributed by atoms with Crippen LogP contribution in [0.25, 0.3) is 5.76 Å². The van der Waals surface area contributed by atoms with E-state index < -0.39 is 29.3 Å². The summed E-state index contributed by atoms with van der Waals surface area (Å²) >= 11 is 0. The van der Waals surface area contributed by atoms with Crippen LogP contribution in [0.4, 0.5) is 10.1 Å². The molecule has 0 aromatic heterocycles. The van der Waals surface area contributed by atoms with Gasteiger partial charge in [-0.1, -0.05) is 30.3 Å². The van der Waals surface area contributed by atoms with Gasteiger partial charge >= 0.3 is 0 Å². The minimum Gasteiger partial charge on any atom is -0.508 e. The van der Waals surface area contributed by atoms with E-state index in [-0.39, 0.29) is 22.6 Å². The molecule has 1 amide bonds. The van der Waals surface area contributed by atoms with Gasteiger partial charge in [0.15, 0.2) is 0 Å². The Morgan fingerprint density at radius 1 is 1.00 bits per heavy atom. The molecule has 1 fully saturated rings. The van der Waals surface area contributed by atoms with E-state index in [0.29, 0.717) is 11.3 Å². The average molecular weight is 419 g/mol. The van der Waals surface area contributed by atoms with Crippen LogP contribution in [-0.2, 0) is 9.59 Å². The fraction of sp³-hybridized carbons (Fsp3) is 0.0833. The molecule has 6 nitrogen and oxygen atoms in total. The van der Waals surface area contributed by atoms with Gasteiger partial charge in [0.25, 0.3) is 11.7 Å². The molecule has 4 rings (SSSR count). The lowest BCUT2D eigenvalue weighted by Crippen LogP contribution is -2.29. The lowest BCUT2D eigenvalue weighted by atomic mass is 9.94. The molecular weight excluding hydrogens is 401 g/mol. The third kappa shape index (κ3) is 3.50. The van der Waals surface area contributed by atoms with Gasteiger partial charge in [-0.3, -0.25) is 14.5 Å². The molecular formula is C24H18FNO5. The van der Waals surface area contributed by atoms with E-state index in [1.807, 2.05) is 0 Å². The Balaban J connectivity index is 1.98. The summed E-state index contributed by atoms with van der Waals surface area (Å²) < 4.78 is 19.1. The number of aliphatic hydroxyl groups excluding tert-OH is 1. The normalized spacial score (nSPS) is 17.7. The number of ketones is 1. The molecule has 1 aliphatic rings. The van der Waals surface area contributed by atoms with Crippen LogP contribution in [0.2, 0.25) is 0 Å². The van der Waals surface area contributed by atoms with Crippen LogP contribution in [0.1, 0.15) is 17.2 Å². The number of aromatic hydroxyl groups is 1. The molecule has 0 bridgehead atoms. The molecule has 1 unspecified atom stereocenters. The molecule has 1 aliphatic heterocycles. The molecule has 156 valence electrons. The summed E-state index contributed by atoms with van der Waals surface area (Å²) in [5.41, 5.74) is 0.687. The van der Waals surface area contributed by atoms with E-state index in [0.717, 1.165) is 12.1 Å². The van der Waals surface area contributed by atoms with Crippen molar-refractivity contribution in [3.05, 3.63) is 95.3 Å². The molecule has 0 saturated carbocycles. The monoisotopic (exact) mass is 419 g/mol. The number of hydrogen-bond acceptors (Lipinski definition) is 5. The molecule has 3 aromatic carbocycles. The van der Waals surface area contributed by atoms with E-state index in [1.54, 1.807) is 42.5 Å². The molecule has 2 N–H and O–H groups in total. The summed E-state index contributed by atoms with van der Waals surface area (Å²) in [6.45, 7) is 0. The minimum absolute atomic E-state index is 0.00668. The highest BCUT2D eigenvalue weighted by atomic mass is 19.1. The Morgan fingerprint density at radius 3 is 2.32 bits per heavy atom. The van der Waals surface area contributed by atoms with E-state index >= 15 is 0 Å². The van der Waals surface area contributed by atoms with Crippen LogP contribution in [0, 0.1) is 5.82 Å². The molecule has 0 spiro atoms. The van der Waals surface area contributed by atoms with Crippen molar-refractivity contribution >= 4 is 23.1 Å². The van der Waals surface area contributed by atoms with Crippen LogP contribution >= 0.6 is 0 Å². The van der Waals surface area contributed by atoms with Crippen molar-refractivity contribution in [1.82, 2.24) is 0 Å². The average Bonchev–Trinajstić information content (AvgIpc) is 3.05. The first-order valence-corrected chi connectivity index (χ1v) is 9.41. The van der Waals surface area contributed by atoms with Gasteiger partial charge in [-0.15, -0.1) is 0 Å². The number of aliphatic hydroxyl groups is 1. The number of phenolic OH excluding ortho intramolecular Hbond substituents is 1. The summed E-state index contributed by atoms with van der Waals surface area (Å²) in [6, 6.07) is 17.0. The zero-order valence-corrected chi connectivity index (χ0v) is 16.4.